The zero-order valence-electron chi connectivity index (χ0n) is 10.8. The first kappa shape index (κ1) is 14.5. The smallest absolute Gasteiger partial charge is 0.338 e. The molecule has 3 N–H and O–H groups in total. The topological polar surface area (TPSA) is 86.6 Å². The van der Waals surface area contributed by atoms with Crippen LogP contribution in [0.4, 0.5) is 10.1 Å². The molecule has 0 aromatic heterocycles. The minimum Gasteiger partial charge on any atom is -0.508 e. The van der Waals surface area contributed by atoms with E-state index in [1.165, 1.54) is 18.2 Å². The van der Waals surface area contributed by atoms with E-state index in [2.05, 4.69) is 5.32 Å². The Morgan fingerprint density at radius 3 is 2.52 bits per heavy atom. The van der Waals surface area contributed by atoms with Gasteiger partial charge in [-0.1, -0.05) is 12.1 Å². The van der Waals surface area contributed by atoms with Crippen LogP contribution >= 0.6 is 0 Å². The largest absolute Gasteiger partial charge is 0.508 e. The molecule has 0 saturated heterocycles. The van der Waals surface area contributed by atoms with Gasteiger partial charge in [-0.05, 0) is 35.9 Å². The third kappa shape index (κ3) is 3.79. The van der Waals surface area contributed by atoms with Gasteiger partial charge in [0, 0.05) is 5.69 Å². The molecule has 0 heterocycles. The van der Waals surface area contributed by atoms with Crippen LogP contribution in [0.15, 0.2) is 42.5 Å². The summed E-state index contributed by atoms with van der Waals surface area (Å²) >= 11 is 0. The molecule has 0 saturated carbocycles. The highest BCUT2D eigenvalue weighted by Crippen LogP contribution is 2.16. The van der Waals surface area contributed by atoms with Crippen molar-refractivity contribution in [2.45, 2.75) is 6.42 Å². The van der Waals surface area contributed by atoms with E-state index in [9.17, 15) is 19.1 Å². The summed E-state index contributed by atoms with van der Waals surface area (Å²) in [6.07, 6.45) is 0.0106. The molecule has 0 aliphatic heterocycles. The summed E-state index contributed by atoms with van der Waals surface area (Å²) in [5, 5.41) is 20.5. The summed E-state index contributed by atoms with van der Waals surface area (Å²) in [5.41, 5.74) is 0.318. The maximum Gasteiger partial charge on any atom is 0.338 e. The molecule has 2 aromatic carbocycles. The normalized spacial score (nSPS) is 10.1. The molecule has 0 fully saturated rings. The van der Waals surface area contributed by atoms with Crippen molar-refractivity contribution in [3.63, 3.8) is 0 Å². The number of nitrogens with one attached hydrogen (secondary N) is 1. The highest BCUT2D eigenvalue weighted by atomic mass is 19.1. The van der Waals surface area contributed by atoms with E-state index >= 15 is 0 Å². The molecule has 6 heteroatoms. The number of carboxylic acids is 1. The third-order valence-electron chi connectivity index (χ3n) is 2.76. The lowest BCUT2D eigenvalue weighted by Crippen LogP contribution is -2.14. The zero-order valence-corrected chi connectivity index (χ0v) is 10.8. The van der Waals surface area contributed by atoms with Crippen LogP contribution in [0.1, 0.15) is 15.9 Å². The Bertz CT molecular complexity index is 700. The number of carboxylic acid groups (broad SMARTS) is 1. The number of rotatable bonds is 4. The van der Waals surface area contributed by atoms with Crippen LogP contribution < -0.4 is 5.32 Å². The van der Waals surface area contributed by atoms with Crippen LogP contribution in [0.3, 0.4) is 0 Å². The third-order valence-corrected chi connectivity index (χ3v) is 2.76. The number of phenolic OH excluding ortho intramolecular Hbond substituents is 1. The summed E-state index contributed by atoms with van der Waals surface area (Å²) < 4.78 is 13.5. The molecule has 108 valence electrons. The van der Waals surface area contributed by atoms with Crippen LogP contribution in [-0.4, -0.2) is 22.1 Å². The molecule has 2 aromatic rings. The average molecular weight is 289 g/mol. The van der Waals surface area contributed by atoms with Crippen molar-refractivity contribution >= 4 is 17.6 Å². The second-order valence-corrected chi connectivity index (χ2v) is 4.39. The van der Waals surface area contributed by atoms with E-state index in [1.807, 2.05) is 0 Å². The van der Waals surface area contributed by atoms with Crippen molar-refractivity contribution in [1.82, 2.24) is 0 Å². The van der Waals surface area contributed by atoms with Gasteiger partial charge in [0.15, 0.2) is 0 Å². The lowest BCUT2D eigenvalue weighted by molar-refractivity contribution is -0.115. The second kappa shape index (κ2) is 6.04. The van der Waals surface area contributed by atoms with Gasteiger partial charge in [-0.3, -0.25) is 4.79 Å². The number of anilines is 1. The molecule has 0 aliphatic rings. The van der Waals surface area contributed by atoms with E-state index in [0.29, 0.717) is 5.56 Å². The fourth-order valence-electron chi connectivity index (χ4n) is 1.82. The minimum absolute atomic E-state index is 0.0106. The molecule has 21 heavy (non-hydrogen) atoms. The second-order valence-electron chi connectivity index (χ2n) is 4.39. The summed E-state index contributed by atoms with van der Waals surface area (Å²) in [6, 6.07) is 9.57. The van der Waals surface area contributed by atoms with Crippen LogP contribution in [0, 0.1) is 5.82 Å². The SMILES string of the molecule is O=C(Cc1cccc(O)c1)Nc1ccc(C(=O)O)c(F)c1. The first-order valence-corrected chi connectivity index (χ1v) is 6.06. The van der Waals surface area contributed by atoms with Crippen LogP contribution in [-0.2, 0) is 11.2 Å². The molecule has 0 atom stereocenters. The van der Waals surface area contributed by atoms with Crippen LogP contribution in [0.2, 0.25) is 0 Å². The van der Waals surface area contributed by atoms with Crippen molar-refractivity contribution in [2.24, 2.45) is 0 Å². The molecule has 1 amide bonds. The number of aromatic carboxylic acids is 1. The van der Waals surface area contributed by atoms with Gasteiger partial charge < -0.3 is 15.5 Å². The molecule has 0 unspecified atom stereocenters. The lowest BCUT2D eigenvalue weighted by Gasteiger charge is -2.07. The predicted molar refractivity (Wildman–Crippen MR) is 73.8 cm³/mol. The van der Waals surface area contributed by atoms with Gasteiger partial charge in [0.2, 0.25) is 5.91 Å². The Hall–Kier alpha value is -2.89. The average Bonchev–Trinajstić information content (AvgIpc) is 2.38. The van der Waals surface area contributed by atoms with Crippen LogP contribution in [0.25, 0.3) is 0 Å². The quantitative estimate of drug-likeness (QED) is 0.806. The molecule has 0 aliphatic carbocycles. The van der Waals surface area contributed by atoms with Gasteiger partial charge >= 0.3 is 5.97 Å². The molecule has 0 spiro atoms. The van der Waals surface area contributed by atoms with Crippen molar-refractivity contribution in [1.29, 1.82) is 0 Å². The van der Waals surface area contributed by atoms with E-state index < -0.39 is 23.3 Å². The van der Waals surface area contributed by atoms with Gasteiger partial charge in [0.1, 0.15) is 11.6 Å². The standard InChI is InChI=1S/C15H12FNO4/c16-13-8-10(4-5-12(13)15(20)21)17-14(19)7-9-2-1-3-11(18)6-9/h1-6,8,18H,7H2,(H,17,19)(H,20,21). The van der Waals surface area contributed by atoms with Crippen LogP contribution in [0.5, 0.6) is 5.75 Å². The zero-order chi connectivity index (χ0) is 15.4. The first-order chi connectivity index (χ1) is 9.95. The molecule has 2 rings (SSSR count). The van der Waals surface area contributed by atoms with Crippen molar-refractivity contribution in [2.75, 3.05) is 5.32 Å². The number of aromatic hydroxyl groups is 1. The summed E-state index contributed by atoms with van der Waals surface area (Å²) in [6.45, 7) is 0. The van der Waals surface area contributed by atoms with Gasteiger partial charge in [0.05, 0.1) is 12.0 Å². The van der Waals surface area contributed by atoms with E-state index in [1.54, 1.807) is 12.1 Å². The van der Waals surface area contributed by atoms with Crippen molar-refractivity contribution < 1.29 is 24.2 Å². The van der Waals surface area contributed by atoms with Crippen molar-refractivity contribution in [3.8, 4) is 5.75 Å². The van der Waals surface area contributed by atoms with Gasteiger partial charge in [0.25, 0.3) is 0 Å². The van der Waals surface area contributed by atoms with Gasteiger partial charge in [-0.25, -0.2) is 9.18 Å². The number of halogens is 1. The molecule has 0 bridgehead atoms. The molecular formula is C15H12FNO4. The lowest BCUT2D eigenvalue weighted by atomic mass is 10.1. The van der Waals surface area contributed by atoms with E-state index in [0.717, 1.165) is 12.1 Å². The summed E-state index contributed by atoms with van der Waals surface area (Å²) in [5.74, 6) is -2.64. The Balaban J connectivity index is 2.06. The Morgan fingerprint density at radius 1 is 1.14 bits per heavy atom. The fourth-order valence-corrected chi connectivity index (χ4v) is 1.82. The maximum atomic E-state index is 13.5. The first-order valence-electron chi connectivity index (χ1n) is 6.06. The molecule has 5 nitrogen and oxygen atoms in total. The minimum atomic E-state index is -1.37. The summed E-state index contributed by atoms with van der Waals surface area (Å²) in [4.78, 5) is 22.5. The highest BCUT2D eigenvalue weighted by molar-refractivity contribution is 5.93. The predicted octanol–water partition coefficient (Wildman–Crippen LogP) is 2.41. The number of hydrogen-bond acceptors (Lipinski definition) is 3. The maximum absolute atomic E-state index is 13.5. The van der Waals surface area contributed by atoms with Gasteiger partial charge in [-0.15, -0.1) is 0 Å². The molecular weight excluding hydrogens is 277 g/mol. The van der Waals surface area contributed by atoms with E-state index in [4.69, 9.17) is 5.11 Å². The number of phenols is 1. The highest BCUT2D eigenvalue weighted by Gasteiger charge is 2.11. The number of hydrogen-bond donors (Lipinski definition) is 3. The number of carbonyl (C=O) groups is 2. The number of amides is 1. The Labute approximate surface area is 119 Å². The monoisotopic (exact) mass is 289 g/mol. The number of benzene rings is 2. The fraction of sp³-hybridized carbons (Fsp3) is 0.0667. The van der Waals surface area contributed by atoms with E-state index in [-0.39, 0.29) is 17.9 Å². The number of carbonyl (C=O) groups excluding carboxylic acids is 1. The summed E-state index contributed by atoms with van der Waals surface area (Å²) in [7, 11) is 0. The molecule has 0 radical (unpaired) electrons. The van der Waals surface area contributed by atoms with Gasteiger partial charge in [-0.2, -0.15) is 0 Å². The Morgan fingerprint density at radius 2 is 1.90 bits per heavy atom. The Kier molecular flexibility index (Phi) is 4.18. The van der Waals surface area contributed by atoms with Crippen molar-refractivity contribution in [3.05, 3.63) is 59.4 Å².